The number of benzene rings is 1. The number of amides is 1. The minimum Gasteiger partial charge on any atom is -0.348 e. The molecule has 0 saturated carbocycles. The number of nitrogens with one attached hydrogen (secondary N) is 1. The van der Waals surface area contributed by atoms with E-state index in [1.807, 2.05) is 36.5 Å². The smallest absolute Gasteiger partial charge is 0.254 e. The predicted octanol–water partition coefficient (Wildman–Crippen LogP) is 2.34. The quantitative estimate of drug-likeness (QED) is 0.804. The molecule has 0 unspecified atom stereocenters. The minimum atomic E-state index is -0.631. The van der Waals surface area contributed by atoms with Crippen LogP contribution in [0.25, 0.3) is 5.69 Å². The number of rotatable bonds is 4. The average molecular weight is 296 g/mol. The minimum absolute atomic E-state index is 0.0110. The summed E-state index contributed by atoms with van der Waals surface area (Å²) in [5, 5.41) is 6.82. The predicted molar refractivity (Wildman–Crippen MR) is 78.9 cm³/mol. The molecule has 0 saturated heterocycles. The highest BCUT2D eigenvalue weighted by Crippen LogP contribution is 2.09. The Balaban J connectivity index is 1.64. The Morgan fingerprint density at radius 2 is 2.00 bits per heavy atom. The van der Waals surface area contributed by atoms with Crippen molar-refractivity contribution in [3.8, 4) is 5.69 Å². The van der Waals surface area contributed by atoms with Gasteiger partial charge in [-0.2, -0.15) is 5.10 Å². The van der Waals surface area contributed by atoms with Gasteiger partial charge in [0.2, 0.25) is 0 Å². The second-order valence-electron chi connectivity index (χ2n) is 4.66. The summed E-state index contributed by atoms with van der Waals surface area (Å²) in [5.74, 6) is -1.09. The van der Waals surface area contributed by atoms with Crippen LogP contribution in [0.3, 0.4) is 0 Å². The zero-order chi connectivity index (χ0) is 15.4. The fourth-order valence-electron chi connectivity index (χ4n) is 2.02. The number of carbonyl (C=O) groups is 1. The van der Waals surface area contributed by atoms with Crippen LogP contribution in [0.2, 0.25) is 0 Å². The maximum Gasteiger partial charge on any atom is 0.254 e. The number of pyridine rings is 1. The summed E-state index contributed by atoms with van der Waals surface area (Å²) in [6.07, 6.45) is 5.96. The molecule has 5 nitrogen and oxygen atoms in total. The SMILES string of the molecule is O=C(NCc1ccc(-n2cccn2)cc1)c1ccncc1F. The van der Waals surface area contributed by atoms with Gasteiger partial charge in [0.1, 0.15) is 0 Å². The molecule has 0 radical (unpaired) electrons. The molecule has 2 heterocycles. The summed E-state index contributed by atoms with van der Waals surface area (Å²) < 4.78 is 15.2. The van der Waals surface area contributed by atoms with E-state index in [4.69, 9.17) is 0 Å². The molecule has 0 fully saturated rings. The maximum absolute atomic E-state index is 13.4. The van der Waals surface area contributed by atoms with Crippen molar-refractivity contribution in [1.29, 1.82) is 0 Å². The zero-order valence-corrected chi connectivity index (χ0v) is 11.6. The van der Waals surface area contributed by atoms with Crippen molar-refractivity contribution < 1.29 is 9.18 Å². The van der Waals surface area contributed by atoms with E-state index in [0.29, 0.717) is 6.54 Å². The first kappa shape index (κ1) is 13.9. The van der Waals surface area contributed by atoms with Gasteiger partial charge in [0.25, 0.3) is 5.91 Å². The molecule has 1 N–H and O–H groups in total. The van der Waals surface area contributed by atoms with Crippen LogP contribution >= 0.6 is 0 Å². The first-order valence-electron chi connectivity index (χ1n) is 6.71. The highest BCUT2D eigenvalue weighted by molar-refractivity contribution is 5.94. The molecule has 3 rings (SSSR count). The highest BCUT2D eigenvalue weighted by Gasteiger charge is 2.10. The van der Waals surface area contributed by atoms with Crippen LogP contribution in [0, 0.1) is 5.82 Å². The lowest BCUT2D eigenvalue weighted by molar-refractivity contribution is 0.0946. The highest BCUT2D eigenvalue weighted by atomic mass is 19.1. The van der Waals surface area contributed by atoms with Crippen LogP contribution in [-0.2, 0) is 6.54 Å². The van der Waals surface area contributed by atoms with E-state index in [2.05, 4.69) is 15.4 Å². The average Bonchev–Trinajstić information content (AvgIpc) is 3.08. The molecule has 0 aliphatic heterocycles. The van der Waals surface area contributed by atoms with Crippen LogP contribution in [0.1, 0.15) is 15.9 Å². The number of carbonyl (C=O) groups excluding carboxylic acids is 1. The summed E-state index contributed by atoms with van der Waals surface area (Å²) >= 11 is 0. The maximum atomic E-state index is 13.4. The number of hydrogen-bond acceptors (Lipinski definition) is 3. The van der Waals surface area contributed by atoms with E-state index < -0.39 is 11.7 Å². The first-order chi connectivity index (χ1) is 10.7. The molecule has 3 aromatic rings. The van der Waals surface area contributed by atoms with E-state index in [1.165, 1.54) is 12.3 Å². The van der Waals surface area contributed by atoms with Gasteiger partial charge in [0, 0.05) is 25.1 Å². The standard InChI is InChI=1S/C16H13FN4O/c17-15-11-18-8-6-14(15)16(22)19-10-12-2-4-13(5-3-12)21-9-1-7-20-21/h1-9,11H,10H2,(H,19,22). The van der Waals surface area contributed by atoms with Crippen LogP contribution in [0.5, 0.6) is 0 Å². The van der Waals surface area contributed by atoms with E-state index in [-0.39, 0.29) is 5.56 Å². The van der Waals surface area contributed by atoms with Gasteiger partial charge >= 0.3 is 0 Å². The van der Waals surface area contributed by atoms with E-state index in [1.54, 1.807) is 10.9 Å². The third-order valence-corrected chi connectivity index (χ3v) is 3.18. The number of halogens is 1. The molecule has 0 aliphatic rings. The van der Waals surface area contributed by atoms with Gasteiger partial charge in [-0.15, -0.1) is 0 Å². The number of nitrogens with zero attached hydrogens (tertiary/aromatic N) is 3. The molecule has 2 aromatic heterocycles. The van der Waals surface area contributed by atoms with Crippen LogP contribution in [0.15, 0.2) is 61.2 Å². The Hall–Kier alpha value is -3.02. The molecule has 0 aliphatic carbocycles. The molecular weight excluding hydrogens is 283 g/mol. The van der Waals surface area contributed by atoms with E-state index >= 15 is 0 Å². The summed E-state index contributed by atoms with van der Waals surface area (Å²) in [5.41, 5.74) is 1.84. The Morgan fingerprint density at radius 1 is 1.18 bits per heavy atom. The molecule has 110 valence electrons. The fraction of sp³-hybridized carbons (Fsp3) is 0.0625. The third kappa shape index (κ3) is 3.01. The molecule has 0 atom stereocenters. The van der Waals surface area contributed by atoms with Gasteiger partial charge in [-0.05, 0) is 29.8 Å². The topological polar surface area (TPSA) is 59.8 Å². The van der Waals surface area contributed by atoms with Crippen molar-refractivity contribution in [2.45, 2.75) is 6.54 Å². The summed E-state index contributed by atoms with van der Waals surface area (Å²) in [7, 11) is 0. The van der Waals surface area contributed by atoms with Crippen molar-refractivity contribution in [3.05, 3.63) is 78.1 Å². The van der Waals surface area contributed by atoms with Crippen molar-refractivity contribution in [3.63, 3.8) is 0 Å². The molecule has 22 heavy (non-hydrogen) atoms. The van der Waals surface area contributed by atoms with Crippen LogP contribution < -0.4 is 5.32 Å². The lowest BCUT2D eigenvalue weighted by Crippen LogP contribution is -2.23. The Bertz CT molecular complexity index is 769. The van der Waals surface area contributed by atoms with Gasteiger partial charge in [-0.1, -0.05) is 12.1 Å². The Labute approximate surface area is 126 Å². The molecule has 6 heteroatoms. The molecule has 0 bridgehead atoms. The van der Waals surface area contributed by atoms with Crippen molar-refractivity contribution in [2.75, 3.05) is 0 Å². The van der Waals surface area contributed by atoms with E-state index in [9.17, 15) is 9.18 Å². The lowest BCUT2D eigenvalue weighted by atomic mass is 10.2. The monoisotopic (exact) mass is 296 g/mol. The van der Waals surface area contributed by atoms with E-state index in [0.717, 1.165) is 17.4 Å². The van der Waals surface area contributed by atoms with Crippen molar-refractivity contribution in [2.24, 2.45) is 0 Å². The summed E-state index contributed by atoms with van der Waals surface area (Å²) in [6, 6.07) is 10.8. The van der Waals surface area contributed by atoms with Crippen LogP contribution in [0.4, 0.5) is 4.39 Å². The summed E-state index contributed by atoms with van der Waals surface area (Å²) in [6.45, 7) is 0.319. The molecule has 1 amide bonds. The van der Waals surface area contributed by atoms with Gasteiger partial charge in [0.05, 0.1) is 17.4 Å². The largest absolute Gasteiger partial charge is 0.348 e. The van der Waals surface area contributed by atoms with Gasteiger partial charge in [0.15, 0.2) is 5.82 Å². The van der Waals surface area contributed by atoms with Gasteiger partial charge < -0.3 is 5.32 Å². The Kier molecular flexibility index (Phi) is 3.91. The van der Waals surface area contributed by atoms with Gasteiger partial charge in [-0.3, -0.25) is 9.78 Å². The first-order valence-corrected chi connectivity index (χ1v) is 6.71. The Morgan fingerprint density at radius 3 is 2.68 bits per heavy atom. The second-order valence-corrected chi connectivity index (χ2v) is 4.66. The van der Waals surface area contributed by atoms with Crippen LogP contribution in [-0.4, -0.2) is 20.7 Å². The third-order valence-electron chi connectivity index (χ3n) is 3.18. The molecule has 1 aromatic carbocycles. The zero-order valence-electron chi connectivity index (χ0n) is 11.6. The second kappa shape index (κ2) is 6.17. The normalized spacial score (nSPS) is 10.4. The molecular formula is C16H13FN4O. The van der Waals surface area contributed by atoms with Crippen molar-refractivity contribution in [1.82, 2.24) is 20.1 Å². The van der Waals surface area contributed by atoms with Gasteiger partial charge in [-0.25, -0.2) is 9.07 Å². The fourth-order valence-corrected chi connectivity index (χ4v) is 2.02. The summed E-state index contributed by atoms with van der Waals surface area (Å²) in [4.78, 5) is 15.5. The van der Waals surface area contributed by atoms with Crippen molar-refractivity contribution >= 4 is 5.91 Å². The molecule has 0 spiro atoms. The lowest BCUT2D eigenvalue weighted by Gasteiger charge is -2.07. The number of aromatic nitrogens is 3. The number of hydrogen-bond donors (Lipinski definition) is 1.